The van der Waals surface area contributed by atoms with Gasteiger partial charge in [-0.05, 0) is 29.2 Å². The molecule has 0 heterocycles. The fraction of sp³-hybridized carbons (Fsp3) is 0.200. The fourth-order valence-electron chi connectivity index (χ4n) is 2.03. The van der Waals surface area contributed by atoms with Crippen molar-refractivity contribution in [2.75, 3.05) is 0 Å². The standard InChI is InChI=1S/C15H17N/c1-2-3-11-15(16)14-10-6-8-12-7-4-5-9-13(12)14/h2,4-10,15H,1,3,11,16H2/t15-/m0/s1. The Morgan fingerprint density at radius 1 is 1.12 bits per heavy atom. The van der Waals surface area contributed by atoms with Crippen LogP contribution in [0.5, 0.6) is 0 Å². The molecule has 0 saturated heterocycles. The van der Waals surface area contributed by atoms with E-state index >= 15 is 0 Å². The maximum atomic E-state index is 6.20. The van der Waals surface area contributed by atoms with Crippen molar-refractivity contribution in [1.82, 2.24) is 0 Å². The van der Waals surface area contributed by atoms with Gasteiger partial charge in [0.25, 0.3) is 0 Å². The van der Waals surface area contributed by atoms with E-state index in [9.17, 15) is 0 Å². The molecule has 82 valence electrons. The van der Waals surface area contributed by atoms with Crippen LogP contribution in [-0.2, 0) is 0 Å². The van der Waals surface area contributed by atoms with Gasteiger partial charge < -0.3 is 5.73 Å². The quantitative estimate of drug-likeness (QED) is 0.765. The summed E-state index contributed by atoms with van der Waals surface area (Å²) in [5, 5.41) is 2.52. The molecule has 2 aromatic rings. The number of rotatable bonds is 4. The number of fused-ring (bicyclic) bond motifs is 1. The molecule has 0 aromatic heterocycles. The summed E-state index contributed by atoms with van der Waals surface area (Å²) in [5.74, 6) is 0. The van der Waals surface area contributed by atoms with E-state index in [-0.39, 0.29) is 6.04 Å². The van der Waals surface area contributed by atoms with E-state index in [0.29, 0.717) is 0 Å². The molecule has 1 heteroatoms. The molecule has 1 atom stereocenters. The Labute approximate surface area is 96.6 Å². The summed E-state index contributed by atoms with van der Waals surface area (Å²) in [7, 11) is 0. The van der Waals surface area contributed by atoms with Crippen LogP contribution in [0.4, 0.5) is 0 Å². The smallest absolute Gasteiger partial charge is 0.0303 e. The Bertz CT molecular complexity index is 482. The first kappa shape index (κ1) is 10.9. The molecule has 0 spiro atoms. The van der Waals surface area contributed by atoms with Crippen molar-refractivity contribution >= 4 is 10.8 Å². The summed E-state index contributed by atoms with van der Waals surface area (Å²) in [4.78, 5) is 0. The van der Waals surface area contributed by atoms with Gasteiger partial charge in [-0.15, -0.1) is 6.58 Å². The predicted molar refractivity (Wildman–Crippen MR) is 70.3 cm³/mol. The van der Waals surface area contributed by atoms with Crippen molar-refractivity contribution in [3.63, 3.8) is 0 Å². The highest BCUT2D eigenvalue weighted by Gasteiger charge is 2.08. The highest BCUT2D eigenvalue weighted by molar-refractivity contribution is 5.86. The van der Waals surface area contributed by atoms with Crippen LogP contribution in [0.3, 0.4) is 0 Å². The minimum absolute atomic E-state index is 0.101. The Balaban J connectivity index is 2.39. The molecule has 0 aliphatic carbocycles. The molecular weight excluding hydrogens is 194 g/mol. The van der Waals surface area contributed by atoms with Gasteiger partial charge in [-0.25, -0.2) is 0 Å². The number of allylic oxidation sites excluding steroid dienone is 1. The Morgan fingerprint density at radius 3 is 2.69 bits per heavy atom. The molecule has 2 aromatic carbocycles. The third-order valence-electron chi connectivity index (χ3n) is 2.90. The average molecular weight is 211 g/mol. The van der Waals surface area contributed by atoms with Gasteiger partial charge in [0.15, 0.2) is 0 Å². The maximum Gasteiger partial charge on any atom is 0.0303 e. The van der Waals surface area contributed by atoms with Crippen LogP contribution >= 0.6 is 0 Å². The molecule has 1 nitrogen and oxygen atoms in total. The minimum Gasteiger partial charge on any atom is -0.324 e. The second-order valence-corrected chi connectivity index (χ2v) is 4.04. The molecule has 0 aliphatic rings. The van der Waals surface area contributed by atoms with Gasteiger partial charge in [-0.2, -0.15) is 0 Å². The van der Waals surface area contributed by atoms with E-state index in [2.05, 4.69) is 49.0 Å². The minimum atomic E-state index is 0.101. The summed E-state index contributed by atoms with van der Waals surface area (Å²) in [6, 6.07) is 14.8. The van der Waals surface area contributed by atoms with E-state index < -0.39 is 0 Å². The lowest BCUT2D eigenvalue weighted by Gasteiger charge is -2.13. The molecule has 0 unspecified atom stereocenters. The van der Waals surface area contributed by atoms with Crippen LogP contribution in [0, 0.1) is 0 Å². The Hall–Kier alpha value is -1.60. The van der Waals surface area contributed by atoms with Crippen LogP contribution in [0.2, 0.25) is 0 Å². The van der Waals surface area contributed by atoms with Crippen LogP contribution in [0.15, 0.2) is 55.1 Å². The van der Waals surface area contributed by atoms with Crippen molar-refractivity contribution in [3.8, 4) is 0 Å². The number of hydrogen-bond donors (Lipinski definition) is 1. The SMILES string of the molecule is C=CCC[C@H](N)c1cccc2ccccc12. The molecule has 0 amide bonds. The molecule has 16 heavy (non-hydrogen) atoms. The first-order valence-corrected chi connectivity index (χ1v) is 5.67. The zero-order valence-corrected chi connectivity index (χ0v) is 9.39. The van der Waals surface area contributed by atoms with Crippen molar-refractivity contribution in [2.45, 2.75) is 18.9 Å². The van der Waals surface area contributed by atoms with E-state index in [1.807, 2.05) is 6.08 Å². The topological polar surface area (TPSA) is 26.0 Å². The summed E-state index contributed by atoms with van der Waals surface area (Å²) in [5.41, 5.74) is 7.44. The van der Waals surface area contributed by atoms with Crippen LogP contribution < -0.4 is 5.73 Å². The van der Waals surface area contributed by atoms with E-state index in [1.165, 1.54) is 16.3 Å². The van der Waals surface area contributed by atoms with Crippen molar-refractivity contribution in [2.24, 2.45) is 5.73 Å². The molecule has 0 aliphatic heterocycles. The zero-order chi connectivity index (χ0) is 11.4. The third-order valence-corrected chi connectivity index (χ3v) is 2.90. The van der Waals surface area contributed by atoms with Crippen molar-refractivity contribution in [3.05, 3.63) is 60.7 Å². The first-order chi connectivity index (χ1) is 7.83. The number of benzene rings is 2. The molecular formula is C15H17N. The van der Waals surface area contributed by atoms with Crippen LogP contribution in [0.25, 0.3) is 10.8 Å². The monoisotopic (exact) mass is 211 g/mol. The lowest BCUT2D eigenvalue weighted by molar-refractivity contribution is 0.666. The molecule has 0 radical (unpaired) electrons. The van der Waals surface area contributed by atoms with Crippen molar-refractivity contribution < 1.29 is 0 Å². The predicted octanol–water partition coefficient (Wildman–Crippen LogP) is 3.81. The van der Waals surface area contributed by atoms with Crippen LogP contribution in [-0.4, -0.2) is 0 Å². The maximum absolute atomic E-state index is 6.20. The van der Waals surface area contributed by atoms with Crippen LogP contribution in [0.1, 0.15) is 24.4 Å². The van der Waals surface area contributed by atoms with Gasteiger partial charge in [0.2, 0.25) is 0 Å². The molecule has 2 N–H and O–H groups in total. The molecule has 0 fully saturated rings. The number of nitrogens with two attached hydrogens (primary N) is 1. The highest BCUT2D eigenvalue weighted by Crippen LogP contribution is 2.25. The van der Waals surface area contributed by atoms with E-state index in [1.54, 1.807) is 0 Å². The molecule has 0 saturated carbocycles. The van der Waals surface area contributed by atoms with Gasteiger partial charge in [0.05, 0.1) is 0 Å². The lowest BCUT2D eigenvalue weighted by atomic mass is 9.96. The average Bonchev–Trinajstić information content (AvgIpc) is 2.35. The summed E-state index contributed by atoms with van der Waals surface area (Å²) < 4.78 is 0. The van der Waals surface area contributed by atoms with E-state index in [4.69, 9.17) is 5.73 Å². The van der Waals surface area contributed by atoms with Gasteiger partial charge in [0.1, 0.15) is 0 Å². The lowest BCUT2D eigenvalue weighted by Crippen LogP contribution is -2.10. The van der Waals surface area contributed by atoms with Gasteiger partial charge in [-0.1, -0.05) is 48.5 Å². The first-order valence-electron chi connectivity index (χ1n) is 5.67. The summed E-state index contributed by atoms with van der Waals surface area (Å²) >= 11 is 0. The molecule has 0 bridgehead atoms. The third kappa shape index (κ3) is 2.15. The number of hydrogen-bond acceptors (Lipinski definition) is 1. The van der Waals surface area contributed by atoms with Gasteiger partial charge in [-0.3, -0.25) is 0 Å². The van der Waals surface area contributed by atoms with Crippen molar-refractivity contribution in [1.29, 1.82) is 0 Å². The summed E-state index contributed by atoms with van der Waals surface area (Å²) in [6.45, 7) is 3.73. The van der Waals surface area contributed by atoms with Gasteiger partial charge in [0, 0.05) is 6.04 Å². The zero-order valence-electron chi connectivity index (χ0n) is 9.39. The fourth-order valence-corrected chi connectivity index (χ4v) is 2.03. The Kier molecular flexibility index (Phi) is 3.37. The Morgan fingerprint density at radius 2 is 1.88 bits per heavy atom. The van der Waals surface area contributed by atoms with Gasteiger partial charge >= 0.3 is 0 Å². The second-order valence-electron chi connectivity index (χ2n) is 4.04. The normalized spacial score (nSPS) is 12.6. The largest absolute Gasteiger partial charge is 0.324 e. The highest BCUT2D eigenvalue weighted by atomic mass is 14.6. The summed E-state index contributed by atoms with van der Waals surface area (Å²) in [6.07, 6.45) is 3.84. The van der Waals surface area contributed by atoms with E-state index in [0.717, 1.165) is 12.8 Å². The second kappa shape index (κ2) is 4.95. The molecule has 2 rings (SSSR count).